The standard InChI is InChI=1S/C18H27ClN2O/c1-12-6-15(17-8-14(9-20)10-21(17)2)18(16(19)7-12)22-11-13-4-3-5-13/h6-7,13-14,17H,3-5,8-11,20H2,1-2H3. The lowest BCUT2D eigenvalue weighted by Gasteiger charge is -2.28. The van der Waals surface area contributed by atoms with Crippen LogP contribution in [-0.2, 0) is 0 Å². The molecule has 1 aliphatic carbocycles. The van der Waals surface area contributed by atoms with Gasteiger partial charge in [0.15, 0.2) is 0 Å². The Kier molecular flexibility index (Phi) is 4.96. The maximum absolute atomic E-state index is 6.51. The molecule has 122 valence electrons. The zero-order valence-corrected chi connectivity index (χ0v) is 14.4. The van der Waals surface area contributed by atoms with E-state index in [0.717, 1.165) is 36.9 Å². The molecule has 0 spiro atoms. The molecule has 0 radical (unpaired) electrons. The summed E-state index contributed by atoms with van der Waals surface area (Å²) in [5, 5.41) is 0.749. The van der Waals surface area contributed by atoms with E-state index < -0.39 is 0 Å². The summed E-state index contributed by atoms with van der Waals surface area (Å²) >= 11 is 6.51. The molecular formula is C18H27ClN2O. The summed E-state index contributed by atoms with van der Waals surface area (Å²) in [7, 11) is 2.17. The topological polar surface area (TPSA) is 38.5 Å². The lowest BCUT2D eigenvalue weighted by Crippen LogP contribution is -2.22. The summed E-state index contributed by atoms with van der Waals surface area (Å²) in [5.74, 6) is 2.17. The zero-order chi connectivity index (χ0) is 15.7. The summed E-state index contributed by atoms with van der Waals surface area (Å²) in [4.78, 5) is 2.39. The highest BCUT2D eigenvalue weighted by Gasteiger charge is 2.32. The molecule has 2 atom stereocenters. The van der Waals surface area contributed by atoms with Crippen molar-refractivity contribution in [2.75, 3.05) is 26.7 Å². The van der Waals surface area contributed by atoms with Crippen LogP contribution in [0.5, 0.6) is 5.75 Å². The highest BCUT2D eigenvalue weighted by atomic mass is 35.5. The minimum Gasteiger partial charge on any atom is -0.491 e. The summed E-state index contributed by atoms with van der Waals surface area (Å²) in [6, 6.07) is 4.61. The second-order valence-electron chi connectivity index (χ2n) is 7.07. The summed E-state index contributed by atoms with van der Waals surface area (Å²) in [5.41, 5.74) is 8.31. The van der Waals surface area contributed by atoms with Crippen LogP contribution in [0.25, 0.3) is 0 Å². The van der Waals surface area contributed by atoms with Crippen molar-refractivity contribution in [3.8, 4) is 5.75 Å². The van der Waals surface area contributed by atoms with E-state index in [1.165, 1.54) is 30.4 Å². The normalized spacial score (nSPS) is 26.2. The van der Waals surface area contributed by atoms with Crippen molar-refractivity contribution in [3.63, 3.8) is 0 Å². The fourth-order valence-electron chi connectivity index (χ4n) is 3.66. The third-order valence-electron chi connectivity index (χ3n) is 5.23. The van der Waals surface area contributed by atoms with E-state index in [9.17, 15) is 0 Å². The Balaban J connectivity index is 1.84. The predicted octanol–water partition coefficient (Wildman–Crippen LogP) is 3.78. The van der Waals surface area contributed by atoms with Crippen molar-refractivity contribution < 1.29 is 4.74 Å². The number of benzene rings is 1. The van der Waals surface area contributed by atoms with Crippen molar-refractivity contribution in [1.82, 2.24) is 4.90 Å². The molecule has 3 rings (SSSR count). The number of halogens is 1. The van der Waals surface area contributed by atoms with E-state index in [1.807, 2.05) is 6.07 Å². The van der Waals surface area contributed by atoms with Crippen molar-refractivity contribution in [1.29, 1.82) is 0 Å². The second kappa shape index (κ2) is 6.77. The van der Waals surface area contributed by atoms with Gasteiger partial charge < -0.3 is 10.5 Å². The van der Waals surface area contributed by atoms with Crippen LogP contribution >= 0.6 is 11.6 Å². The molecule has 1 aromatic rings. The highest BCUT2D eigenvalue weighted by molar-refractivity contribution is 6.32. The van der Waals surface area contributed by atoms with Gasteiger partial charge in [0.1, 0.15) is 5.75 Å². The first-order valence-corrected chi connectivity index (χ1v) is 8.79. The van der Waals surface area contributed by atoms with Crippen molar-refractivity contribution in [2.45, 2.75) is 38.6 Å². The maximum atomic E-state index is 6.51. The molecule has 2 unspecified atom stereocenters. The predicted molar refractivity (Wildman–Crippen MR) is 91.6 cm³/mol. The van der Waals surface area contributed by atoms with Gasteiger partial charge in [-0.25, -0.2) is 0 Å². The van der Waals surface area contributed by atoms with Crippen LogP contribution in [0.3, 0.4) is 0 Å². The number of nitrogens with zero attached hydrogens (tertiary/aromatic N) is 1. The van der Waals surface area contributed by atoms with Gasteiger partial charge in [-0.1, -0.05) is 24.1 Å². The zero-order valence-electron chi connectivity index (χ0n) is 13.6. The molecule has 22 heavy (non-hydrogen) atoms. The molecule has 0 bridgehead atoms. The molecule has 2 fully saturated rings. The number of ether oxygens (including phenoxy) is 1. The maximum Gasteiger partial charge on any atom is 0.142 e. The van der Waals surface area contributed by atoms with Gasteiger partial charge in [0.2, 0.25) is 0 Å². The van der Waals surface area contributed by atoms with Crippen LogP contribution in [0.1, 0.15) is 42.9 Å². The molecule has 0 aromatic heterocycles. The minimum atomic E-state index is 0.363. The number of aryl methyl sites for hydroxylation is 1. The van der Waals surface area contributed by atoms with Gasteiger partial charge in [-0.05, 0) is 63.2 Å². The number of hydrogen-bond acceptors (Lipinski definition) is 3. The lowest BCUT2D eigenvalue weighted by molar-refractivity contribution is 0.176. The number of likely N-dealkylation sites (tertiary alicyclic amines) is 1. The molecule has 1 saturated heterocycles. The molecule has 1 saturated carbocycles. The average molecular weight is 323 g/mol. The Morgan fingerprint density at radius 3 is 2.68 bits per heavy atom. The quantitative estimate of drug-likeness (QED) is 0.896. The van der Waals surface area contributed by atoms with E-state index in [2.05, 4.69) is 24.9 Å². The largest absolute Gasteiger partial charge is 0.491 e. The third-order valence-corrected chi connectivity index (χ3v) is 5.51. The molecular weight excluding hydrogens is 296 g/mol. The van der Waals surface area contributed by atoms with Crippen LogP contribution in [-0.4, -0.2) is 31.6 Å². The average Bonchev–Trinajstić information content (AvgIpc) is 2.80. The van der Waals surface area contributed by atoms with E-state index >= 15 is 0 Å². The Labute approximate surface area is 138 Å². The van der Waals surface area contributed by atoms with Crippen molar-refractivity contribution >= 4 is 11.6 Å². The van der Waals surface area contributed by atoms with Gasteiger partial charge in [-0.15, -0.1) is 0 Å². The number of rotatable bonds is 5. The van der Waals surface area contributed by atoms with Crippen LogP contribution in [0.15, 0.2) is 12.1 Å². The van der Waals surface area contributed by atoms with Crippen LogP contribution in [0.4, 0.5) is 0 Å². The number of hydrogen-bond donors (Lipinski definition) is 1. The van der Waals surface area contributed by atoms with E-state index in [1.54, 1.807) is 0 Å². The molecule has 1 aliphatic heterocycles. The van der Waals surface area contributed by atoms with Crippen LogP contribution in [0, 0.1) is 18.8 Å². The Morgan fingerprint density at radius 1 is 1.32 bits per heavy atom. The monoisotopic (exact) mass is 322 g/mol. The Hall–Kier alpha value is -0.770. The van der Waals surface area contributed by atoms with Gasteiger partial charge >= 0.3 is 0 Å². The third kappa shape index (κ3) is 3.27. The molecule has 1 heterocycles. The fourth-order valence-corrected chi connectivity index (χ4v) is 3.99. The summed E-state index contributed by atoms with van der Waals surface area (Å²) in [6.45, 7) is 4.69. The van der Waals surface area contributed by atoms with E-state index in [0.29, 0.717) is 17.9 Å². The first kappa shape index (κ1) is 16.1. The lowest BCUT2D eigenvalue weighted by atomic mass is 9.86. The van der Waals surface area contributed by atoms with E-state index in [-0.39, 0.29) is 0 Å². The second-order valence-corrected chi connectivity index (χ2v) is 7.47. The molecule has 3 nitrogen and oxygen atoms in total. The van der Waals surface area contributed by atoms with Crippen molar-refractivity contribution in [3.05, 3.63) is 28.3 Å². The first-order valence-electron chi connectivity index (χ1n) is 8.41. The van der Waals surface area contributed by atoms with Crippen LogP contribution < -0.4 is 10.5 Å². The summed E-state index contributed by atoms with van der Waals surface area (Å²) in [6.07, 6.45) is 5.01. The summed E-state index contributed by atoms with van der Waals surface area (Å²) < 4.78 is 6.17. The Bertz CT molecular complexity index is 530. The Morgan fingerprint density at radius 2 is 2.09 bits per heavy atom. The minimum absolute atomic E-state index is 0.363. The molecule has 2 N–H and O–H groups in total. The SMILES string of the molecule is Cc1cc(Cl)c(OCC2CCC2)c(C2CC(CN)CN2C)c1. The van der Waals surface area contributed by atoms with Crippen LogP contribution in [0.2, 0.25) is 5.02 Å². The van der Waals surface area contributed by atoms with Gasteiger partial charge in [0, 0.05) is 18.2 Å². The molecule has 2 aliphatic rings. The first-order chi connectivity index (χ1) is 10.6. The fraction of sp³-hybridized carbons (Fsp3) is 0.667. The van der Waals surface area contributed by atoms with Gasteiger partial charge in [0.25, 0.3) is 0 Å². The van der Waals surface area contributed by atoms with Gasteiger partial charge in [-0.3, -0.25) is 4.90 Å². The molecule has 4 heteroatoms. The van der Waals surface area contributed by atoms with Gasteiger partial charge in [0.05, 0.1) is 11.6 Å². The van der Waals surface area contributed by atoms with E-state index in [4.69, 9.17) is 22.1 Å². The van der Waals surface area contributed by atoms with Gasteiger partial charge in [-0.2, -0.15) is 0 Å². The number of nitrogens with two attached hydrogens (primary N) is 1. The molecule has 1 aromatic carbocycles. The smallest absolute Gasteiger partial charge is 0.142 e. The molecule has 0 amide bonds. The highest BCUT2D eigenvalue weighted by Crippen LogP contribution is 2.42. The van der Waals surface area contributed by atoms with Crippen molar-refractivity contribution in [2.24, 2.45) is 17.6 Å².